The van der Waals surface area contributed by atoms with Gasteiger partial charge in [0.1, 0.15) is 0 Å². The van der Waals surface area contributed by atoms with Gasteiger partial charge < -0.3 is 0 Å². The van der Waals surface area contributed by atoms with E-state index in [1.54, 1.807) is 0 Å². The molecular weight excluding hydrogens is 244 g/mol. The summed E-state index contributed by atoms with van der Waals surface area (Å²) in [7, 11) is 0. The van der Waals surface area contributed by atoms with Crippen LogP contribution in [-0.2, 0) is 0 Å². The average Bonchev–Trinajstić information content (AvgIpc) is 2.25. The van der Waals surface area contributed by atoms with Crippen LogP contribution in [0.1, 0.15) is 12.8 Å². The van der Waals surface area contributed by atoms with E-state index in [4.69, 9.17) is 0 Å². The minimum absolute atomic E-state index is 0.742. The van der Waals surface area contributed by atoms with Gasteiger partial charge >= 0.3 is 0 Å². The second kappa shape index (κ2) is 2.09. The molecule has 0 unspecified atom stereocenters. The molecule has 0 aromatic carbocycles. The van der Waals surface area contributed by atoms with Crippen molar-refractivity contribution in [3.05, 3.63) is 10.6 Å². The zero-order chi connectivity index (χ0) is 6.43. The van der Waals surface area contributed by atoms with Crippen molar-refractivity contribution >= 4 is 31.9 Å². The van der Waals surface area contributed by atoms with E-state index >= 15 is 0 Å². The molecule has 0 heterocycles. The molecule has 0 aromatic heterocycles. The van der Waals surface area contributed by atoms with Gasteiger partial charge in [-0.1, -0.05) is 37.9 Å². The van der Waals surface area contributed by atoms with Crippen molar-refractivity contribution in [2.24, 2.45) is 11.8 Å². The first-order valence-corrected chi connectivity index (χ1v) is 5.01. The second-order valence-electron chi connectivity index (χ2n) is 2.84. The molecule has 0 N–H and O–H groups in total. The third-order valence-electron chi connectivity index (χ3n) is 2.33. The smallest absolute Gasteiger partial charge is 0.0282 e. The molecule has 2 bridgehead atoms. The van der Waals surface area contributed by atoms with Crippen molar-refractivity contribution in [1.29, 1.82) is 0 Å². The van der Waals surface area contributed by atoms with Crippen LogP contribution in [0.25, 0.3) is 0 Å². The molecule has 9 heavy (non-hydrogen) atoms. The van der Waals surface area contributed by atoms with Gasteiger partial charge in [0.25, 0.3) is 0 Å². The number of halogens is 2. The number of alkyl halides is 1. The summed E-state index contributed by atoms with van der Waals surface area (Å²) in [5.41, 5.74) is 0. The van der Waals surface area contributed by atoms with Crippen LogP contribution < -0.4 is 0 Å². The molecule has 0 spiro atoms. The summed E-state index contributed by atoms with van der Waals surface area (Å²) in [6, 6.07) is 0. The van der Waals surface area contributed by atoms with Crippen molar-refractivity contribution in [1.82, 2.24) is 0 Å². The molecule has 0 amide bonds. The Kier molecular flexibility index (Phi) is 1.49. The van der Waals surface area contributed by atoms with Crippen molar-refractivity contribution < 1.29 is 0 Å². The predicted molar refractivity (Wildman–Crippen MR) is 45.9 cm³/mol. The Morgan fingerprint density at radius 2 is 2.22 bits per heavy atom. The summed E-state index contributed by atoms with van der Waals surface area (Å²) in [6.07, 6.45) is 5.11. The van der Waals surface area contributed by atoms with Crippen LogP contribution >= 0.6 is 31.9 Å². The van der Waals surface area contributed by atoms with Crippen molar-refractivity contribution in [2.45, 2.75) is 17.7 Å². The molecule has 0 saturated heterocycles. The Balaban J connectivity index is 2.30. The van der Waals surface area contributed by atoms with Crippen LogP contribution in [0.3, 0.4) is 0 Å². The second-order valence-corrected chi connectivity index (χ2v) is 4.82. The van der Waals surface area contributed by atoms with Crippen LogP contribution in [0.2, 0.25) is 0 Å². The minimum atomic E-state index is 0.742. The fourth-order valence-electron chi connectivity index (χ4n) is 1.78. The number of rotatable bonds is 0. The Morgan fingerprint density at radius 3 is 2.44 bits per heavy atom. The van der Waals surface area contributed by atoms with Gasteiger partial charge in [-0.05, 0) is 23.2 Å². The summed E-state index contributed by atoms with van der Waals surface area (Å²) in [5.74, 6) is 1.62. The van der Waals surface area contributed by atoms with E-state index in [9.17, 15) is 0 Å². The number of allylic oxidation sites excluding steroid dienone is 2. The highest BCUT2D eigenvalue weighted by Gasteiger charge is 2.39. The lowest BCUT2D eigenvalue weighted by Gasteiger charge is -2.06. The summed E-state index contributed by atoms with van der Waals surface area (Å²) in [6.45, 7) is 0. The van der Waals surface area contributed by atoms with Gasteiger partial charge in [-0.2, -0.15) is 0 Å². The maximum absolute atomic E-state index is 3.69. The summed E-state index contributed by atoms with van der Waals surface area (Å²) >= 11 is 7.26. The highest BCUT2D eigenvalue weighted by Crippen LogP contribution is 2.49. The standard InChI is InChI=1S/C7H8Br2/c8-6-3-4-1-2-5(6)7(4)9/h3-5,7H,1-2H2/t4-,5+,7+/m0/s1. The maximum atomic E-state index is 3.69. The largest absolute Gasteiger partial charge is 0.0877 e. The van der Waals surface area contributed by atoms with Crippen LogP contribution in [0.4, 0.5) is 0 Å². The van der Waals surface area contributed by atoms with Gasteiger partial charge in [0.05, 0.1) is 0 Å². The number of hydrogen-bond acceptors (Lipinski definition) is 0. The topological polar surface area (TPSA) is 0 Å². The van der Waals surface area contributed by atoms with E-state index in [2.05, 4.69) is 37.9 Å². The van der Waals surface area contributed by atoms with Crippen LogP contribution in [-0.4, -0.2) is 4.83 Å². The molecule has 3 atom stereocenters. The van der Waals surface area contributed by atoms with Crippen LogP contribution in [0.5, 0.6) is 0 Å². The molecule has 2 aliphatic carbocycles. The first kappa shape index (κ1) is 6.41. The van der Waals surface area contributed by atoms with E-state index in [1.165, 1.54) is 17.3 Å². The molecule has 50 valence electrons. The van der Waals surface area contributed by atoms with E-state index < -0.39 is 0 Å². The average molecular weight is 252 g/mol. The molecular formula is C7H8Br2. The Bertz CT molecular complexity index is 162. The van der Waals surface area contributed by atoms with Gasteiger partial charge in [-0.3, -0.25) is 0 Å². The van der Waals surface area contributed by atoms with Gasteiger partial charge in [-0.25, -0.2) is 0 Å². The zero-order valence-electron chi connectivity index (χ0n) is 4.98. The third-order valence-corrected chi connectivity index (χ3v) is 4.50. The highest BCUT2D eigenvalue weighted by molar-refractivity contribution is 9.12. The summed E-state index contributed by atoms with van der Waals surface area (Å²) in [4.78, 5) is 0.742. The van der Waals surface area contributed by atoms with Gasteiger partial charge in [-0.15, -0.1) is 0 Å². The monoisotopic (exact) mass is 250 g/mol. The van der Waals surface area contributed by atoms with Gasteiger partial charge in [0.15, 0.2) is 0 Å². The summed E-state index contributed by atoms with van der Waals surface area (Å²) < 4.78 is 1.43. The van der Waals surface area contributed by atoms with Crippen molar-refractivity contribution in [3.63, 3.8) is 0 Å². The molecule has 2 aliphatic rings. The van der Waals surface area contributed by atoms with E-state index in [0.717, 1.165) is 16.7 Å². The van der Waals surface area contributed by atoms with Crippen LogP contribution in [0.15, 0.2) is 10.6 Å². The van der Waals surface area contributed by atoms with E-state index in [-0.39, 0.29) is 0 Å². The zero-order valence-corrected chi connectivity index (χ0v) is 8.15. The predicted octanol–water partition coefficient (Wildman–Crippen LogP) is 3.07. The Labute approximate surface area is 72.0 Å². The van der Waals surface area contributed by atoms with Crippen molar-refractivity contribution in [3.8, 4) is 0 Å². The van der Waals surface area contributed by atoms with Crippen LogP contribution in [0, 0.1) is 11.8 Å². The first-order chi connectivity index (χ1) is 4.29. The molecule has 2 rings (SSSR count). The molecule has 2 heteroatoms. The fraction of sp³-hybridized carbons (Fsp3) is 0.714. The number of hydrogen-bond donors (Lipinski definition) is 0. The molecule has 1 saturated carbocycles. The maximum Gasteiger partial charge on any atom is 0.0282 e. The van der Waals surface area contributed by atoms with Gasteiger partial charge in [0.2, 0.25) is 0 Å². The van der Waals surface area contributed by atoms with E-state index in [0.29, 0.717) is 0 Å². The van der Waals surface area contributed by atoms with Gasteiger partial charge in [0, 0.05) is 10.7 Å². The third kappa shape index (κ3) is 0.829. The molecule has 0 nitrogen and oxygen atoms in total. The molecule has 0 aliphatic heterocycles. The Hall–Kier alpha value is 0.700. The molecule has 0 radical (unpaired) electrons. The SMILES string of the molecule is BrC1=C[C@@H]2CC[C@H]1[C@@H]2Br. The lowest BCUT2D eigenvalue weighted by atomic mass is 10.1. The summed E-state index contributed by atoms with van der Waals surface area (Å²) in [5, 5.41) is 0. The highest BCUT2D eigenvalue weighted by atomic mass is 79.9. The van der Waals surface area contributed by atoms with E-state index in [1.807, 2.05) is 0 Å². The lowest BCUT2D eigenvalue weighted by Crippen LogP contribution is -2.04. The number of fused-ring (bicyclic) bond motifs is 2. The quantitative estimate of drug-likeness (QED) is 0.581. The normalized spacial score (nSPS) is 47.8. The first-order valence-electron chi connectivity index (χ1n) is 3.30. The Morgan fingerprint density at radius 1 is 1.44 bits per heavy atom. The molecule has 0 aromatic rings. The van der Waals surface area contributed by atoms with Crippen molar-refractivity contribution in [2.75, 3.05) is 0 Å². The fourth-order valence-corrected chi connectivity index (χ4v) is 3.96. The molecule has 1 fully saturated rings. The lowest BCUT2D eigenvalue weighted by molar-refractivity contribution is 0.700. The minimum Gasteiger partial charge on any atom is -0.0877 e.